The average molecular weight is 430 g/mol. The van der Waals surface area contributed by atoms with Crippen molar-refractivity contribution in [2.45, 2.75) is 0 Å². The zero-order chi connectivity index (χ0) is 19.2. The SMILES string of the molecule is C=CCOC(=O)/C(=C/c1ccc2c(c1)OCO2)NC(=O)c1ccccc1Br. The summed E-state index contributed by atoms with van der Waals surface area (Å²) in [5.41, 5.74) is 1.04. The second-order valence-corrected chi connectivity index (χ2v) is 6.35. The van der Waals surface area contributed by atoms with Crippen LogP contribution in [0.4, 0.5) is 0 Å². The van der Waals surface area contributed by atoms with Gasteiger partial charge in [0.25, 0.3) is 5.91 Å². The Kier molecular flexibility index (Phi) is 5.93. The van der Waals surface area contributed by atoms with E-state index in [9.17, 15) is 9.59 Å². The molecule has 0 aromatic heterocycles. The van der Waals surface area contributed by atoms with Crippen molar-refractivity contribution >= 4 is 33.9 Å². The third-order valence-electron chi connectivity index (χ3n) is 3.63. The minimum absolute atomic E-state index is 0.00327. The van der Waals surface area contributed by atoms with Crippen LogP contribution in [-0.4, -0.2) is 25.3 Å². The normalized spacial score (nSPS) is 12.4. The molecule has 138 valence electrons. The van der Waals surface area contributed by atoms with Gasteiger partial charge in [-0.2, -0.15) is 0 Å². The topological polar surface area (TPSA) is 73.9 Å². The molecule has 0 saturated heterocycles. The van der Waals surface area contributed by atoms with Gasteiger partial charge in [0.2, 0.25) is 6.79 Å². The monoisotopic (exact) mass is 429 g/mol. The van der Waals surface area contributed by atoms with Gasteiger partial charge < -0.3 is 19.5 Å². The number of hydrogen-bond donors (Lipinski definition) is 1. The number of esters is 1. The van der Waals surface area contributed by atoms with Gasteiger partial charge in [0.15, 0.2) is 11.5 Å². The summed E-state index contributed by atoms with van der Waals surface area (Å²) < 4.78 is 16.3. The summed E-state index contributed by atoms with van der Waals surface area (Å²) >= 11 is 3.33. The highest BCUT2D eigenvalue weighted by Crippen LogP contribution is 2.33. The minimum Gasteiger partial charge on any atom is -0.457 e. The number of halogens is 1. The maximum absolute atomic E-state index is 12.6. The van der Waals surface area contributed by atoms with E-state index < -0.39 is 11.9 Å². The average Bonchev–Trinajstić information content (AvgIpc) is 3.13. The Hall–Kier alpha value is -3.06. The number of benzene rings is 2. The van der Waals surface area contributed by atoms with Gasteiger partial charge in [-0.3, -0.25) is 4.79 Å². The fourth-order valence-electron chi connectivity index (χ4n) is 2.36. The first-order valence-electron chi connectivity index (χ1n) is 8.03. The molecule has 1 amide bonds. The first-order valence-corrected chi connectivity index (χ1v) is 8.83. The Morgan fingerprint density at radius 1 is 1.19 bits per heavy atom. The van der Waals surface area contributed by atoms with Crippen molar-refractivity contribution in [1.82, 2.24) is 5.32 Å². The van der Waals surface area contributed by atoms with Crippen LogP contribution in [0.15, 0.2) is 65.3 Å². The molecule has 1 N–H and O–H groups in total. The third-order valence-corrected chi connectivity index (χ3v) is 4.32. The number of amides is 1. The maximum atomic E-state index is 12.6. The van der Waals surface area contributed by atoms with E-state index in [0.29, 0.717) is 27.1 Å². The van der Waals surface area contributed by atoms with Gasteiger partial charge in [0, 0.05) is 4.47 Å². The first-order chi connectivity index (χ1) is 13.1. The summed E-state index contributed by atoms with van der Waals surface area (Å²) in [6.45, 7) is 3.69. The molecule has 0 fully saturated rings. The summed E-state index contributed by atoms with van der Waals surface area (Å²) in [5.74, 6) is 0.0814. The van der Waals surface area contributed by atoms with Crippen molar-refractivity contribution in [2.24, 2.45) is 0 Å². The summed E-state index contributed by atoms with van der Waals surface area (Å²) in [5, 5.41) is 2.61. The summed E-state index contributed by atoms with van der Waals surface area (Å²) in [6, 6.07) is 12.1. The molecule has 2 aromatic carbocycles. The molecular weight excluding hydrogens is 414 g/mol. The first kappa shape index (κ1) is 18.7. The Balaban J connectivity index is 1.88. The number of fused-ring (bicyclic) bond motifs is 1. The third kappa shape index (κ3) is 4.57. The number of hydrogen-bond acceptors (Lipinski definition) is 5. The molecule has 27 heavy (non-hydrogen) atoms. The second-order valence-electron chi connectivity index (χ2n) is 5.49. The second kappa shape index (κ2) is 8.55. The van der Waals surface area contributed by atoms with Crippen LogP contribution >= 0.6 is 15.9 Å². The van der Waals surface area contributed by atoms with E-state index in [4.69, 9.17) is 14.2 Å². The van der Waals surface area contributed by atoms with Crippen molar-refractivity contribution in [3.63, 3.8) is 0 Å². The molecule has 6 nitrogen and oxygen atoms in total. The lowest BCUT2D eigenvalue weighted by atomic mass is 10.1. The molecule has 0 saturated carbocycles. The highest BCUT2D eigenvalue weighted by Gasteiger charge is 2.18. The zero-order valence-electron chi connectivity index (χ0n) is 14.2. The quantitative estimate of drug-likeness (QED) is 0.430. The Morgan fingerprint density at radius 2 is 1.96 bits per heavy atom. The van der Waals surface area contributed by atoms with Gasteiger partial charge in [-0.1, -0.05) is 30.9 Å². The van der Waals surface area contributed by atoms with E-state index in [0.717, 1.165) is 0 Å². The molecule has 1 heterocycles. The molecule has 0 aliphatic carbocycles. The van der Waals surface area contributed by atoms with Gasteiger partial charge in [0.05, 0.1) is 5.56 Å². The zero-order valence-corrected chi connectivity index (χ0v) is 15.8. The standard InChI is InChI=1S/C20H16BrNO5/c1-2-9-25-20(24)16(22-19(23)14-5-3-4-6-15(14)21)10-13-7-8-17-18(11-13)27-12-26-17/h2-8,10-11H,1,9,12H2,(H,22,23)/b16-10-. The molecule has 1 aliphatic heterocycles. The molecule has 0 unspecified atom stereocenters. The number of carbonyl (C=O) groups excluding carboxylic acids is 2. The van der Waals surface area contributed by atoms with Crippen molar-refractivity contribution < 1.29 is 23.8 Å². The van der Waals surface area contributed by atoms with E-state index in [-0.39, 0.29) is 19.1 Å². The predicted octanol–water partition coefficient (Wildman–Crippen LogP) is 3.68. The fourth-order valence-corrected chi connectivity index (χ4v) is 2.83. The largest absolute Gasteiger partial charge is 0.457 e. The molecule has 3 rings (SSSR count). The lowest BCUT2D eigenvalue weighted by Crippen LogP contribution is -2.28. The Bertz CT molecular complexity index is 922. The van der Waals surface area contributed by atoms with Crippen molar-refractivity contribution in [3.8, 4) is 11.5 Å². The molecule has 2 aromatic rings. The van der Waals surface area contributed by atoms with Gasteiger partial charge in [0.1, 0.15) is 12.3 Å². The van der Waals surface area contributed by atoms with Gasteiger partial charge in [-0.25, -0.2) is 4.79 Å². The van der Waals surface area contributed by atoms with Crippen molar-refractivity contribution in [3.05, 3.63) is 76.4 Å². The van der Waals surface area contributed by atoms with Gasteiger partial charge in [-0.05, 0) is 51.8 Å². The van der Waals surface area contributed by atoms with Gasteiger partial charge in [-0.15, -0.1) is 0 Å². The molecule has 0 bridgehead atoms. The number of carbonyl (C=O) groups is 2. The van der Waals surface area contributed by atoms with Crippen LogP contribution in [0.3, 0.4) is 0 Å². The lowest BCUT2D eigenvalue weighted by Gasteiger charge is -2.11. The number of rotatable bonds is 6. The summed E-state index contributed by atoms with van der Waals surface area (Å²) in [7, 11) is 0. The van der Waals surface area contributed by atoms with Crippen LogP contribution in [0.5, 0.6) is 11.5 Å². The van der Waals surface area contributed by atoms with Crippen LogP contribution in [0.1, 0.15) is 15.9 Å². The van der Waals surface area contributed by atoms with Gasteiger partial charge >= 0.3 is 5.97 Å². The van der Waals surface area contributed by atoms with E-state index in [1.165, 1.54) is 12.2 Å². The van der Waals surface area contributed by atoms with Crippen LogP contribution < -0.4 is 14.8 Å². The molecule has 1 aliphatic rings. The lowest BCUT2D eigenvalue weighted by molar-refractivity contribution is -0.138. The highest BCUT2D eigenvalue weighted by atomic mass is 79.9. The van der Waals surface area contributed by atoms with E-state index in [2.05, 4.69) is 27.8 Å². The molecule has 0 spiro atoms. The van der Waals surface area contributed by atoms with Crippen molar-refractivity contribution in [2.75, 3.05) is 13.4 Å². The Morgan fingerprint density at radius 3 is 2.74 bits per heavy atom. The number of nitrogens with one attached hydrogen (secondary N) is 1. The summed E-state index contributed by atoms with van der Waals surface area (Å²) in [6.07, 6.45) is 2.97. The fraction of sp³-hybridized carbons (Fsp3) is 0.100. The smallest absolute Gasteiger partial charge is 0.355 e. The van der Waals surface area contributed by atoms with Crippen molar-refractivity contribution in [1.29, 1.82) is 0 Å². The maximum Gasteiger partial charge on any atom is 0.355 e. The molecule has 0 atom stereocenters. The van der Waals surface area contributed by atoms with Crippen LogP contribution in [0.2, 0.25) is 0 Å². The molecular formula is C20H16BrNO5. The van der Waals surface area contributed by atoms with Crippen LogP contribution in [0.25, 0.3) is 6.08 Å². The van der Waals surface area contributed by atoms with E-state index in [1.807, 2.05) is 0 Å². The highest BCUT2D eigenvalue weighted by molar-refractivity contribution is 9.10. The predicted molar refractivity (Wildman–Crippen MR) is 103 cm³/mol. The van der Waals surface area contributed by atoms with E-state index in [1.54, 1.807) is 42.5 Å². The molecule has 0 radical (unpaired) electrons. The Labute approximate surface area is 164 Å². The van der Waals surface area contributed by atoms with Crippen LogP contribution in [0, 0.1) is 0 Å². The van der Waals surface area contributed by atoms with Crippen LogP contribution in [-0.2, 0) is 9.53 Å². The van der Waals surface area contributed by atoms with E-state index >= 15 is 0 Å². The summed E-state index contributed by atoms with van der Waals surface area (Å²) in [4.78, 5) is 24.9. The minimum atomic E-state index is -0.673. The molecule has 7 heteroatoms. The number of ether oxygens (including phenoxy) is 3.